The van der Waals surface area contributed by atoms with Crippen LogP contribution in [-0.2, 0) is 0 Å². The molecule has 2 rings (SSSR count). The SMILES string of the molecule is CCNC(c1cc(Cl)c(Br)s1)c1c(F)cccc1F. The summed E-state index contributed by atoms with van der Waals surface area (Å²) in [6.45, 7) is 2.47. The molecule has 1 aromatic carbocycles. The van der Waals surface area contributed by atoms with Gasteiger partial charge in [0.15, 0.2) is 0 Å². The van der Waals surface area contributed by atoms with E-state index >= 15 is 0 Å². The lowest BCUT2D eigenvalue weighted by molar-refractivity contribution is 0.513. The van der Waals surface area contributed by atoms with Gasteiger partial charge in [0.25, 0.3) is 0 Å². The molecule has 1 N–H and O–H groups in total. The molecule has 102 valence electrons. The Hall–Kier alpha value is -0.490. The fraction of sp³-hybridized carbons (Fsp3) is 0.231. The molecule has 0 fully saturated rings. The smallest absolute Gasteiger partial charge is 0.131 e. The minimum absolute atomic E-state index is 0.0229. The average molecular weight is 367 g/mol. The molecule has 0 aliphatic rings. The van der Waals surface area contributed by atoms with Crippen molar-refractivity contribution in [1.29, 1.82) is 0 Å². The van der Waals surface area contributed by atoms with E-state index in [1.807, 2.05) is 6.92 Å². The van der Waals surface area contributed by atoms with E-state index in [1.165, 1.54) is 29.5 Å². The van der Waals surface area contributed by atoms with Crippen molar-refractivity contribution in [3.63, 3.8) is 0 Å². The highest BCUT2D eigenvalue weighted by Crippen LogP contribution is 2.38. The molecule has 0 amide bonds. The summed E-state index contributed by atoms with van der Waals surface area (Å²) in [5.41, 5.74) is 0.0229. The fourth-order valence-electron chi connectivity index (χ4n) is 1.84. The Morgan fingerprint density at radius 2 is 2.00 bits per heavy atom. The Bertz CT molecular complexity index is 548. The topological polar surface area (TPSA) is 12.0 Å². The van der Waals surface area contributed by atoms with E-state index in [4.69, 9.17) is 11.6 Å². The Labute approximate surface area is 127 Å². The van der Waals surface area contributed by atoms with Gasteiger partial charge in [-0.3, -0.25) is 0 Å². The van der Waals surface area contributed by atoms with E-state index in [9.17, 15) is 8.78 Å². The van der Waals surface area contributed by atoms with Gasteiger partial charge in [-0.15, -0.1) is 11.3 Å². The van der Waals surface area contributed by atoms with Crippen LogP contribution in [0.4, 0.5) is 8.78 Å². The van der Waals surface area contributed by atoms with Gasteiger partial charge in [-0.1, -0.05) is 24.6 Å². The molecule has 1 heterocycles. The predicted octanol–water partition coefficient (Wildman–Crippen LogP) is 5.14. The normalized spacial score (nSPS) is 12.7. The van der Waals surface area contributed by atoms with Crippen molar-refractivity contribution in [2.24, 2.45) is 0 Å². The first kappa shape index (κ1) is 14.9. The number of benzene rings is 1. The zero-order valence-electron chi connectivity index (χ0n) is 10.0. The number of nitrogens with one attached hydrogen (secondary N) is 1. The highest BCUT2D eigenvalue weighted by molar-refractivity contribution is 9.11. The summed E-state index contributed by atoms with van der Waals surface area (Å²) in [4.78, 5) is 0.766. The fourth-order valence-corrected chi connectivity index (χ4v) is 3.67. The van der Waals surface area contributed by atoms with Crippen molar-refractivity contribution >= 4 is 38.9 Å². The van der Waals surface area contributed by atoms with E-state index in [0.717, 1.165) is 8.66 Å². The lowest BCUT2D eigenvalue weighted by Crippen LogP contribution is -2.23. The molecule has 0 bridgehead atoms. The maximum atomic E-state index is 13.9. The van der Waals surface area contributed by atoms with Gasteiger partial charge in [0.1, 0.15) is 11.6 Å². The Morgan fingerprint density at radius 3 is 2.47 bits per heavy atom. The third kappa shape index (κ3) is 3.16. The maximum Gasteiger partial charge on any atom is 0.131 e. The van der Waals surface area contributed by atoms with Gasteiger partial charge >= 0.3 is 0 Å². The lowest BCUT2D eigenvalue weighted by Gasteiger charge is -2.18. The van der Waals surface area contributed by atoms with Gasteiger partial charge in [0, 0.05) is 10.4 Å². The summed E-state index contributed by atoms with van der Waals surface area (Å²) in [5.74, 6) is -1.13. The van der Waals surface area contributed by atoms with Crippen LogP contribution in [0.2, 0.25) is 5.02 Å². The Balaban J connectivity index is 2.51. The molecule has 2 aromatic rings. The van der Waals surface area contributed by atoms with Crippen LogP contribution in [0.3, 0.4) is 0 Å². The minimum atomic E-state index is -0.563. The summed E-state index contributed by atoms with van der Waals surface area (Å²) in [5, 5.41) is 3.63. The molecule has 0 aliphatic heterocycles. The van der Waals surface area contributed by atoms with Gasteiger partial charge in [-0.25, -0.2) is 8.78 Å². The van der Waals surface area contributed by atoms with Crippen LogP contribution in [0.1, 0.15) is 23.4 Å². The summed E-state index contributed by atoms with van der Waals surface area (Å²) in [7, 11) is 0. The third-order valence-electron chi connectivity index (χ3n) is 2.65. The van der Waals surface area contributed by atoms with E-state index in [2.05, 4.69) is 21.2 Å². The molecule has 0 radical (unpaired) electrons. The average Bonchev–Trinajstić information content (AvgIpc) is 2.68. The molecule has 1 atom stereocenters. The van der Waals surface area contributed by atoms with Gasteiger partial charge in [0.05, 0.1) is 14.9 Å². The Kier molecular flexibility index (Phi) is 4.95. The lowest BCUT2D eigenvalue weighted by atomic mass is 10.0. The van der Waals surface area contributed by atoms with Gasteiger partial charge in [-0.05, 0) is 40.7 Å². The van der Waals surface area contributed by atoms with Crippen molar-refractivity contribution in [2.45, 2.75) is 13.0 Å². The molecule has 0 spiro atoms. The van der Waals surface area contributed by atoms with Crippen molar-refractivity contribution in [2.75, 3.05) is 6.54 Å². The van der Waals surface area contributed by atoms with Crippen molar-refractivity contribution in [1.82, 2.24) is 5.32 Å². The second-order valence-corrected chi connectivity index (χ2v) is 6.71. The second-order valence-electron chi connectivity index (χ2n) is 3.90. The summed E-state index contributed by atoms with van der Waals surface area (Å²) < 4.78 is 28.5. The third-order valence-corrected chi connectivity index (χ3v) is 5.18. The van der Waals surface area contributed by atoms with Crippen molar-refractivity contribution < 1.29 is 8.78 Å². The van der Waals surface area contributed by atoms with Crippen molar-refractivity contribution in [3.05, 3.63) is 55.1 Å². The first-order valence-corrected chi connectivity index (χ1v) is 7.65. The predicted molar refractivity (Wildman–Crippen MR) is 78.9 cm³/mol. The molecule has 0 saturated heterocycles. The molecule has 19 heavy (non-hydrogen) atoms. The van der Waals surface area contributed by atoms with Gasteiger partial charge in [0.2, 0.25) is 0 Å². The van der Waals surface area contributed by atoms with Gasteiger partial charge < -0.3 is 5.32 Å². The van der Waals surface area contributed by atoms with Crippen LogP contribution in [0.25, 0.3) is 0 Å². The summed E-state index contributed by atoms with van der Waals surface area (Å²) >= 11 is 10.7. The van der Waals surface area contributed by atoms with E-state index in [0.29, 0.717) is 11.6 Å². The molecule has 0 aliphatic carbocycles. The van der Waals surface area contributed by atoms with Crippen LogP contribution < -0.4 is 5.32 Å². The van der Waals surface area contributed by atoms with Crippen LogP contribution in [0, 0.1) is 11.6 Å². The summed E-state index contributed by atoms with van der Waals surface area (Å²) in [6, 6.07) is 5.05. The van der Waals surface area contributed by atoms with E-state index in [-0.39, 0.29) is 5.56 Å². The van der Waals surface area contributed by atoms with Crippen LogP contribution in [-0.4, -0.2) is 6.54 Å². The zero-order chi connectivity index (χ0) is 14.0. The second kappa shape index (κ2) is 6.31. The van der Waals surface area contributed by atoms with Crippen LogP contribution in [0.15, 0.2) is 28.1 Å². The van der Waals surface area contributed by atoms with E-state index in [1.54, 1.807) is 6.07 Å². The molecular weight excluding hydrogens is 356 g/mol. The van der Waals surface area contributed by atoms with Crippen LogP contribution >= 0.6 is 38.9 Å². The number of rotatable bonds is 4. The quantitative estimate of drug-likeness (QED) is 0.790. The summed E-state index contributed by atoms with van der Waals surface area (Å²) in [6.07, 6.45) is 0. The van der Waals surface area contributed by atoms with Crippen LogP contribution in [0.5, 0.6) is 0 Å². The molecular formula is C13H11BrClF2NS. The number of thiophene rings is 1. The molecule has 6 heteroatoms. The molecule has 1 unspecified atom stereocenters. The largest absolute Gasteiger partial charge is 0.306 e. The molecule has 1 nitrogen and oxygen atoms in total. The molecule has 1 aromatic heterocycles. The Morgan fingerprint density at radius 1 is 1.37 bits per heavy atom. The first-order valence-electron chi connectivity index (χ1n) is 5.66. The van der Waals surface area contributed by atoms with Crippen molar-refractivity contribution in [3.8, 4) is 0 Å². The number of hydrogen-bond donors (Lipinski definition) is 1. The number of halogens is 4. The minimum Gasteiger partial charge on any atom is -0.306 e. The van der Waals surface area contributed by atoms with E-state index < -0.39 is 17.7 Å². The first-order chi connectivity index (χ1) is 9.04. The standard InChI is InChI=1S/C13H11BrClF2NS/c1-2-18-12(10-6-7(15)13(14)19-10)11-8(16)4-3-5-9(11)17/h3-6,12,18H,2H2,1H3. The highest BCUT2D eigenvalue weighted by atomic mass is 79.9. The zero-order valence-corrected chi connectivity index (χ0v) is 13.2. The molecule has 0 saturated carbocycles. The van der Waals surface area contributed by atoms with Gasteiger partial charge in [-0.2, -0.15) is 0 Å². The maximum absolute atomic E-state index is 13.9. The monoisotopic (exact) mass is 365 g/mol. The highest BCUT2D eigenvalue weighted by Gasteiger charge is 2.23. The number of hydrogen-bond acceptors (Lipinski definition) is 2.